The summed E-state index contributed by atoms with van der Waals surface area (Å²) in [7, 11) is 1.28. The lowest BCUT2D eigenvalue weighted by Gasteiger charge is -2.14. The zero-order chi connectivity index (χ0) is 14.7. The second-order valence-corrected chi connectivity index (χ2v) is 4.85. The molecule has 0 heterocycles. The van der Waals surface area contributed by atoms with Gasteiger partial charge in [0.05, 0.1) is 12.8 Å². The van der Waals surface area contributed by atoms with Crippen molar-refractivity contribution in [3.63, 3.8) is 0 Å². The number of Topliss-reactive ketones (excluding diaryl/α,β-unsaturated/α-hetero) is 1. The molecule has 1 aromatic rings. The van der Waals surface area contributed by atoms with Gasteiger partial charge in [0.1, 0.15) is 5.92 Å². The number of carbonyl (C=O) groups excluding carboxylic acids is 3. The number of rotatable bonds is 2. The molecule has 0 bridgehead atoms. The minimum absolute atomic E-state index is 0.245. The highest BCUT2D eigenvalue weighted by Gasteiger charge is 2.33. The Morgan fingerprint density at radius 2 is 2.10 bits per heavy atom. The first kappa shape index (κ1) is 14.2. The first-order valence-corrected chi connectivity index (χ1v) is 6.56. The number of amides is 1. The number of esters is 1. The third kappa shape index (κ3) is 2.71. The van der Waals surface area contributed by atoms with E-state index in [0.29, 0.717) is 24.1 Å². The smallest absolute Gasteiger partial charge is 0.316 e. The van der Waals surface area contributed by atoms with Crippen LogP contribution in [0.4, 0.5) is 5.69 Å². The van der Waals surface area contributed by atoms with Crippen molar-refractivity contribution < 1.29 is 19.1 Å². The molecule has 0 aliphatic heterocycles. The summed E-state index contributed by atoms with van der Waals surface area (Å²) in [4.78, 5) is 35.6. The van der Waals surface area contributed by atoms with E-state index in [4.69, 9.17) is 4.74 Å². The van der Waals surface area contributed by atoms with Crippen molar-refractivity contribution in [3.05, 3.63) is 29.3 Å². The van der Waals surface area contributed by atoms with Crippen LogP contribution in [0.1, 0.15) is 35.7 Å². The monoisotopic (exact) mass is 275 g/mol. The zero-order valence-corrected chi connectivity index (χ0v) is 11.6. The van der Waals surface area contributed by atoms with Crippen LogP contribution in [0.5, 0.6) is 0 Å². The number of benzene rings is 1. The molecule has 1 unspecified atom stereocenters. The van der Waals surface area contributed by atoms with Gasteiger partial charge in [-0.15, -0.1) is 0 Å². The number of ketones is 1. The Balaban J connectivity index is 2.47. The highest BCUT2D eigenvalue weighted by molar-refractivity contribution is 6.13. The van der Waals surface area contributed by atoms with Gasteiger partial charge in [-0.25, -0.2) is 0 Å². The van der Waals surface area contributed by atoms with Crippen LogP contribution < -0.4 is 5.32 Å². The third-order valence-corrected chi connectivity index (χ3v) is 3.45. The van der Waals surface area contributed by atoms with Crippen LogP contribution in [-0.4, -0.2) is 24.8 Å². The second-order valence-electron chi connectivity index (χ2n) is 4.85. The molecular weight excluding hydrogens is 258 g/mol. The van der Waals surface area contributed by atoms with Crippen molar-refractivity contribution in [1.29, 1.82) is 0 Å². The van der Waals surface area contributed by atoms with Gasteiger partial charge in [0, 0.05) is 12.5 Å². The lowest BCUT2D eigenvalue weighted by molar-refractivity contribution is -0.143. The zero-order valence-electron chi connectivity index (χ0n) is 11.6. The lowest BCUT2D eigenvalue weighted by Crippen LogP contribution is -2.26. The Kier molecular flexibility index (Phi) is 4.17. The molecule has 1 aromatic carbocycles. The minimum Gasteiger partial charge on any atom is -0.468 e. The molecule has 0 fully saturated rings. The van der Waals surface area contributed by atoms with E-state index in [-0.39, 0.29) is 11.7 Å². The first-order valence-electron chi connectivity index (χ1n) is 6.56. The van der Waals surface area contributed by atoms with Gasteiger partial charge in [0.15, 0.2) is 5.78 Å². The van der Waals surface area contributed by atoms with E-state index in [1.54, 1.807) is 12.1 Å². The summed E-state index contributed by atoms with van der Waals surface area (Å²) >= 11 is 0. The number of ether oxygens (including phenoxy) is 1. The number of carbonyl (C=O) groups is 3. The SMILES string of the molecule is COC(=O)C1CCCc2cccc(NC(C)=O)c2C1=O. The van der Waals surface area contributed by atoms with Crippen molar-refractivity contribution in [3.8, 4) is 0 Å². The Morgan fingerprint density at radius 3 is 2.75 bits per heavy atom. The molecule has 5 heteroatoms. The highest BCUT2D eigenvalue weighted by atomic mass is 16.5. The van der Waals surface area contributed by atoms with Crippen molar-refractivity contribution in [2.75, 3.05) is 12.4 Å². The molecule has 0 saturated heterocycles. The molecule has 0 radical (unpaired) electrons. The second kappa shape index (κ2) is 5.86. The maximum absolute atomic E-state index is 12.6. The normalized spacial score (nSPS) is 17.9. The van der Waals surface area contributed by atoms with E-state index in [2.05, 4.69) is 5.32 Å². The third-order valence-electron chi connectivity index (χ3n) is 3.45. The molecule has 0 saturated carbocycles. The predicted molar refractivity (Wildman–Crippen MR) is 73.5 cm³/mol. The number of fused-ring (bicyclic) bond motifs is 1. The predicted octanol–water partition coefficient (Wildman–Crippen LogP) is 1.95. The molecule has 1 aliphatic carbocycles. The molecule has 1 amide bonds. The number of methoxy groups -OCH3 is 1. The van der Waals surface area contributed by atoms with Crippen LogP contribution in [-0.2, 0) is 20.7 Å². The average Bonchev–Trinajstić information content (AvgIpc) is 2.57. The molecule has 1 aliphatic rings. The minimum atomic E-state index is -0.781. The topological polar surface area (TPSA) is 72.5 Å². The van der Waals surface area contributed by atoms with Gasteiger partial charge in [-0.1, -0.05) is 12.1 Å². The number of hydrogen-bond donors (Lipinski definition) is 1. The standard InChI is InChI=1S/C15H17NO4/c1-9(17)16-12-8-4-6-10-5-3-7-11(15(19)20-2)14(18)13(10)12/h4,6,8,11H,3,5,7H2,1-2H3,(H,16,17). The molecule has 1 atom stereocenters. The van der Waals surface area contributed by atoms with Crippen LogP contribution in [0.2, 0.25) is 0 Å². The van der Waals surface area contributed by atoms with E-state index in [0.717, 1.165) is 12.0 Å². The van der Waals surface area contributed by atoms with Crippen molar-refractivity contribution in [2.45, 2.75) is 26.2 Å². The van der Waals surface area contributed by atoms with Crippen molar-refractivity contribution in [2.24, 2.45) is 5.92 Å². The van der Waals surface area contributed by atoms with Crippen LogP contribution in [0.25, 0.3) is 0 Å². The molecule has 0 spiro atoms. The lowest BCUT2D eigenvalue weighted by atomic mass is 9.94. The van der Waals surface area contributed by atoms with Gasteiger partial charge in [-0.05, 0) is 30.9 Å². The fourth-order valence-electron chi connectivity index (χ4n) is 2.56. The Morgan fingerprint density at radius 1 is 1.35 bits per heavy atom. The molecular formula is C15H17NO4. The largest absolute Gasteiger partial charge is 0.468 e. The van der Waals surface area contributed by atoms with Crippen molar-refractivity contribution in [1.82, 2.24) is 0 Å². The van der Waals surface area contributed by atoms with Crippen molar-refractivity contribution >= 4 is 23.3 Å². The number of nitrogens with one attached hydrogen (secondary N) is 1. The number of anilines is 1. The van der Waals surface area contributed by atoms with Crippen LogP contribution in [0.15, 0.2) is 18.2 Å². The fraction of sp³-hybridized carbons (Fsp3) is 0.400. The average molecular weight is 275 g/mol. The molecule has 5 nitrogen and oxygen atoms in total. The fourth-order valence-corrected chi connectivity index (χ4v) is 2.56. The van der Waals surface area contributed by atoms with E-state index in [1.165, 1.54) is 14.0 Å². The van der Waals surface area contributed by atoms with E-state index in [9.17, 15) is 14.4 Å². The molecule has 1 N–H and O–H groups in total. The van der Waals surface area contributed by atoms with Gasteiger partial charge in [0.25, 0.3) is 0 Å². The molecule has 0 aromatic heterocycles. The Bertz CT molecular complexity index is 565. The summed E-state index contributed by atoms with van der Waals surface area (Å²) in [5.41, 5.74) is 1.78. The molecule has 106 valence electrons. The van der Waals surface area contributed by atoms with Gasteiger partial charge in [0.2, 0.25) is 5.91 Å². The summed E-state index contributed by atoms with van der Waals surface area (Å²) < 4.78 is 4.70. The quantitative estimate of drug-likeness (QED) is 0.508. The van der Waals surface area contributed by atoms with Gasteiger partial charge < -0.3 is 10.1 Å². The molecule has 20 heavy (non-hydrogen) atoms. The maximum atomic E-state index is 12.6. The highest BCUT2D eigenvalue weighted by Crippen LogP contribution is 2.30. The maximum Gasteiger partial charge on any atom is 0.316 e. The van der Waals surface area contributed by atoms with Crippen LogP contribution >= 0.6 is 0 Å². The van der Waals surface area contributed by atoms with E-state index >= 15 is 0 Å². The van der Waals surface area contributed by atoms with Crippen LogP contribution in [0, 0.1) is 5.92 Å². The van der Waals surface area contributed by atoms with Gasteiger partial charge in [-0.3, -0.25) is 14.4 Å². The summed E-state index contributed by atoms with van der Waals surface area (Å²) in [6, 6.07) is 5.34. The Hall–Kier alpha value is -2.17. The molecule has 2 rings (SSSR count). The van der Waals surface area contributed by atoms with E-state index in [1.807, 2.05) is 6.07 Å². The van der Waals surface area contributed by atoms with E-state index < -0.39 is 11.9 Å². The summed E-state index contributed by atoms with van der Waals surface area (Å²) in [6.45, 7) is 1.39. The summed E-state index contributed by atoms with van der Waals surface area (Å²) in [5, 5.41) is 2.66. The first-order chi connectivity index (χ1) is 9.54. The van der Waals surface area contributed by atoms with Gasteiger partial charge >= 0.3 is 5.97 Å². The summed E-state index contributed by atoms with van der Waals surface area (Å²) in [5.74, 6) is -1.81. The van der Waals surface area contributed by atoms with Crippen LogP contribution in [0.3, 0.4) is 0 Å². The Labute approximate surface area is 117 Å². The number of hydrogen-bond acceptors (Lipinski definition) is 4. The number of aryl methyl sites for hydroxylation is 1. The van der Waals surface area contributed by atoms with Gasteiger partial charge in [-0.2, -0.15) is 0 Å². The summed E-state index contributed by atoms with van der Waals surface area (Å²) in [6.07, 6.45) is 1.92.